The average Bonchev–Trinajstić information content (AvgIpc) is 3.16. The number of aromatic amines is 1. The predicted molar refractivity (Wildman–Crippen MR) is 119 cm³/mol. The zero-order chi connectivity index (χ0) is 20.7. The molecule has 2 heterocycles. The van der Waals surface area contributed by atoms with E-state index in [1.165, 1.54) is 39.2 Å². The number of aliphatic imine (C=N–C) groups is 1. The van der Waals surface area contributed by atoms with Gasteiger partial charge in [0.25, 0.3) is 5.56 Å². The van der Waals surface area contributed by atoms with E-state index in [0.717, 1.165) is 31.2 Å². The number of aromatic nitrogens is 2. The van der Waals surface area contributed by atoms with Crippen LogP contribution in [0.1, 0.15) is 40.1 Å². The molecule has 0 radical (unpaired) electrons. The summed E-state index contributed by atoms with van der Waals surface area (Å²) in [5, 5.41) is 14.1. The standard InChI is InChI=1S/C20H15Cl3N4OS/c1-10-14(9-25-19-13(8-24)12-4-2-3-5-17(12)29-19)20(28)27(26-10)18-15(22)6-11(21)7-16(18)23/h6-7,9,26H,2-5H2,1H3. The van der Waals surface area contributed by atoms with Gasteiger partial charge in [-0.3, -0.25) is 9.89 Å². The van der Waals surface area contributed by atoms with Gasteiger partial charge in [0.2, 0.25) is 0 Å². The molecule has 9 heteroatoms. The van der Waals surface area contributed by atoms with E-state index in [9.17, 15) is 10.1 Å². The molecule has 0 atom stereocenters. The highest BCUT2D eigenvalue weighted by Gasteiger charge is 2.21. The number of halogens is 3. The number of nitrogens with one attached hydrogen (secondary N) is 1. The summed E-state index contributed by atoms with van der Waals surface area (Å²) >= 11 is 20.0. The van der Waals surface area contributed by atoms with Gasteiger partial charge in [0, 0.05) is 21.8 Å². The summed E-state index contributed by atoms with van der Waals surface area (Å²) in [4.78, 5) is 18.7. The molecule has 0 unspecified atom stereocenters. The number of thiophene rings is 1. The molecule has 1 aliphatic carbocycles. The van der Waals surface area contributed by atoms with E-state index in [2.05, 4.69) is 16.2 Å². The first-order chi connectivity index (χ1) is 13.9. The molecule has 0 spiro atoms. The van der Waals surface area contributed by atoms with Crippen LogP contribution < -0.4 is 5.56 Å². The second kappa shape index (κ2) is 8.00. The molecule has 1 aromatic carbocycles. The van der Waals surface area contributed by atoms with E-state index in [-0.39, 0.29) is 15.6 Å². The summed E-state index contributed by atoms with van der Waals surface area (Å²) in [7, 11) is 0. The second-order valence-corrected chi connectivity index (χ2v) is 9.10. The first-order valence-electron chi connectivity index (χ1n) is 8.96. The molecule has 29 heavy (non-hydrogen) atoms. The van der Waals surface area contributed by atoms with E-state index in [0.29, 0.717) is 32.5 Å². The van der Waals surface area contributed by atoms with Crippen LogP contribution >= 0.6 is 46.1 Å². The van der Waals surface area contributed by atoms with Gasteiger partial charge in [-0.2, -0.15) is 5.26 Å². The largest absolute Gasteiger partial charge is 0.295 e. The van der Waals surface area contributed by atoms with Crippen LogP contribution in [0.2, 0.25) is 15.1 Å². The average molecular weight is 466 g/mol. The summed E-state index contributed by atoms with van der Waals surface area (Å²) in [5.41, 5.74) is 2.71. The van der Waals surface area contributed by atoms with Gasteiger partial charge < -0.3 is 0 Å². The number of benzene rings is 1. The van der Waals surface area contributed by atoms with Crippen LogP contribution in [0.5, 0.6) is 0 Å². The molecular formula is C20H15Cl3N4OS. The first kappa shape index (κ1) is 20.2. The Morgan fingerprint density at radius 2 is 1.93 bits per heavy atom. The molecule has 0 fully saturated rings. The molecule has 4 rings (SSSR count). The molecule has 0 saturated carbocycles. The Bertz CT molecular complexity index is 1220. The third-order valence-electron chi connectivity index (χ3n) is 4.90. The Kier molecular flexibility index (Phi) is 5.58. The van der Waals surface area contributed by atoms with Crippen LogP contribution in [0.3, 0.4) is 0 Å². The number of nitrogens with zero attached hydrogens (tertiary/aromatic N) is 3. The van der Waals surface area contributed by atoms with E-state index in [1.807, 2.05) is 0 Å². The number of H-pyrrole nitrogens is 1. The zero-order valence-corrected chi connectivity index (χ0v) is 18.4. The van der Waals surface area contributed by atoms with Crippen molar-refractivity contribution in [3.8, 4) is 11.8 Å². The highest BCUT2D eigenvalue weighted by Crippen LogP contribution is 2.39. The van der Waals surface area contributed by atoms with Crippen molar-refractivity contribution in [1.82, 2.24) is 9.78 Å². The van der Waals surface area contributed by atoms with Gasteiger partial charge >= 0.3 is 0 Å². The van der Waals surface area contributed by atoms with E-state index in [1.54, 1.807) is 6.92 Å². The Morgan fingerprint density at radius 3 is 2.62 bits per heavy atom. The number of hydrogen-bond donors (Lipinski definition) is 1. The minimum atomic E-state index is -0.336. The van der Waals surface area contributed by atoms with Crippen LogP contribution in [0.25, 0.3) is 5.69 Å². The molecule has 1 aliphatic rings. The number of nitriles is 1. The summed E-state index contributed by atoms with van der Waals surface area (Å²) in [6.45, 7) is 1.77. The number of rotatable bonds is 3. The van der Waals surface area contributed by atoms with Gasteiger partial charge in [0.05, 0.1) is 21.2 Å². The van der Waals surface area contributed by atoms with Crippen molar-refractivity contribution in [1.29, 1.82) is 5.26 Å². The Morgan fingerprint density at radius 1 is 1.24 bits per heavy atom. The van der Waals surface area contributed by atoms with E-state index < -0.39 is 0 Å². The van der Waals surface area contributed by atoms with Gasteiger partial charge in [0.15, 0.2) is 0 Å². The lowest BCUT2D eigenvalue weighted by molar-refractivity contribution is 0.696. The molecule has 5 nitrogen and oxygen atoms in total. The molecular weight excluding hydrogens is 451 g/mol. The fourth-order valence-electron chi connectivity index (χ4n) is 3.50. The van der Waals surface area contributed by atoms with Gasteiger partial charge in [0.1, 0.15) is 16.8 Å². The smallest absolute Gasteiger partial charge is 0.280 e. The third-order valence-corrected chi connectivity index (χ3v) is 6.89. The minimum absolute atomic E-state index is 0.257. The lowest BCUT2D eigenvalue weighted by Gasteiger charge is -2.09. The molecule has 0 bridgehead atoms. The van der Waals surface area contributed by atoms with Crippen LogP contribution in [-0.4, -0.2) is 16.0 Å². The minimum Gasteiger partial charge on any atom is -0.295 e. The molecule has 2 aromatic heterocycles. The molecule has 148 valence electrons. The fourth-order valence-corrected chi connectivity index (χ4v) is 5.67. The van der Waals surface area contributed by atoms with Gasteiger partial charge in [-0.1, -0.05) is 34.8 Å². The molecule has 1 N–H and O–H groups in total. The van der Waals surface area contributed by atoms with Gasteiger partial charge in [-0.15, -0.1) is 11.3 Å². The Hall–Kier alpha value is -2.04. The Balaban J connectivity index is 1.77. The number of hydrogen-bond acceptors (Lipinski definition) is 4. The Labute approximate surface area is 186 Å². The number of aryl methyl sites for hydroxylation is 2. The van der Waals surface area contributed by atoms with Gasteiger partial charge in [-0.25, -0.2) is 9.67 Å². The van der Waals surface area contributed by atoms with Crippen LogP contribution in [0, 0.1) is 18.3 Å². The van der Waals surface area contributed by atoms with Crippen molar-refractivity contribution in [2.24, 2.45) is 4.99 Å². The van der Waals surface area contributed by atoms with Crippen LogP contribution in [-0.2, 0) is 12.8 Å². The molecule has 0 amide bonds. The predicted octanol–water partition coefficient (Wildman–Crippen LogP) is 6.00. The monoisotopic (exact) mass is 464 g/mol. The summed E-state index contributed by atoms with van der Waals surface area (Å²) in [5.74, 6) is 0. The fraction of sp³-hybridized carbons (Fsp3) is 0.250. The second-order valence-electron chi connectivity index (χ2n) is 6.77. The van der Waals surface area contributed by atoms with Crippen LogP contribution in [0.15, 0.2) is 21.9 Å². The van der Waals surface area contributed by atoms with Crippen molar-refractivity contribution in [2.75, 3.05) is 0 Å². The quantitative estimate of drug-likeness (QED) is 0.482. The maximum Gasteiger partial charge on any atom is 0.280 e. The van der Waals surface area contributed by atoms with Crippen molar-refractivity contribution >= 4 is 57.4 Å². The van der Waals surface area contributed by atoms with Crippen molar-refractivity contribution in [3.05, 3.63) is 64.8 Å². The highest BCUT2D eigenvalue weighted by atomic mass is 35.5. The van der Waals surface area contributed by atoms with Crippen molar-refractivity contribution < 1.29 is 0 Å². The van der Waals surface area contributed by atoms with Gasteiger partial charge in [-0.05, 0) is 50.3 Å². The van der Waals surface area contributed by atoms with Crippen molar-refractivity contribution in [2.45, 2.75) is 32.6 Å². The van der Waals surface area contributed by atoms with E-state index in [4.69, 9.17) is 34.8 Å². The maximum atomic E-state index is 13.0. The highest BCUT2D eigenvalue weighted by molar-refractivity contribution is 7.16. The lowest BCUT2D eigenvalue weighted by atomic mass is 9.96. The first-order valence-corrected chi connectivity index (χ1v) is 10.9. The number of fused-ring (bicyclic) bond motifs is 1. The summed E-state index contributed by atoms with van der Waals surface area (Å²) < 4.78 is 1.28. The molecule has 0 saturated heterocycles. The normalized spacial score (nSPS) is 13.6. The van der Waals surface area contributed by atoms with E-state index >= 15 is 0 Å². The van der Waals surface area contributed by atoms with Crippen LogP contribution in [0.4, 0.5) is 5.00 Å². The summed E-state index contributed by atoms with van der Waals surface area (Å²) in [6.07, 6.45) is 5.61. The van der Waals surface area contributed by atoms with Crippen molar-refractivity contribution in [3.63, 3.8) is 0 Å². The topological polar surface area (TPSA) is 73.9 Å². The summed E-state index contributed by atoms with van der Waals surface area (Å²) in [6, 6.07) is 5.33. The molecule has 3 aromatic rings. The maximum absolute atomic E-state index is 13.0. The zero-order valence-electron chi connectivity index (χ0n) is 15.4. The molecule has 0 aliphatic heterocycles. The third kappa shape index (κ3) is 3.64. The SMILES string of the molecule is Cc1[nH]n(-c2c(Cl)cc(Cl)cc2Cl)c(=O)c1C=Nc1sc2c(c1C#N)CCCC2. The lowest BCUT2D eigenvalue weighted by Crippen LogP contribution is -2.18.